The summed E-state index contributed by atoms with van der Waals surface area (Å²) >= 11 is -1.44. The molecule has 0 saturated heterocycles. The number of alkyl halides is 3. The molecule has 2 aliphatic rings. The predicted molar refractivity (Wildman–Crippen MR) is 109 cm³/mol. The van der Waals surface area contributed by atoms with Crippen molar-refractivity contribution in [2.24, 2.45) is 0 Å². The Hall–Kier alpha value is -2.98. The number of carbonyl (C=O) groups excluding carboxylic acids is 2. The van der Waals surface area contributed by atoms with E-state index >= 15 is 0 Å². The van der Waals surface area contributed by atoms with E-state index in [1.807, 2.05) is 0 Å². The van der Waals surface area contributed by atoms with Crippen LogP contribution in [0.5, 0.6) is 5.75 Å². The standard InChI is InChI=1S/C21H17F3N2O4S/c22-21(23,24)13-3-5-15-12(2-1-7-30-17(15)9-13)8-19(27)25-14-4-6-18-16(10-14)26-20(28)11-31(18)29/h3-6,8-10H,1-2,7,11H2,(H,25,27)(H,26,28)/b12-8+. The molecule has 6 nitrogen and oxygen atoms in total. The third-order valence-electron chi connectivity index (χ3n) is 4.84. The van der Waals surface area contributed by atoms with Crippen molar-refractivity contribution in [2.75, 3.05) is 23.0 Å². The van der Waals surface area contributed by atoms with Gasteiger partial charge in [0.15, 0.2) is 10.6 Å². The molecule has 2 aromatic rings. The lowest BCUT2D eigenvalue weighted by Crippen LogP contribution is -2.29. The predicted octanol–water partition coefficient (Wildman–Crippen LogP) is 3.96. The number of ether oxygens (including phenoxy) is 1. The summed E-state index contributed by atoms with van der Waals surface area (Å²) < 4.78 is 56.4. The summed E-state index contributed by atoms with van der Waals surface area (Å²) in [5.41, 5.74) is 0.940. The average Bonchev–Trinajstić information content (AvgIpc) is 2.88. The van der Waals surface area contributed by atoms with Crippen LogP contribution in [-0.4, -0.2) is 28.7 Å². The van der Waals surface area contributed by atoms with Gasteiger partial charge in [0.1, 0.15) is 5.75 Å². The number of anilines is 2. The van der Waals surface area contributed by atoms with Gasteiger partial charge in [-0.15, -0.1) is 0 Å². The SMILES string of the molecule is O=C(/C=C1\CCCOc2cc(C(F)(F)F)ccc21)Nc1ccc2c(c1)NC(=O)C[S+]2[O-]. The highest BCUT2D eigenvalue weighted by atomic mass is 32.2. The zero-order valence-electron chi connectivity index (χ0n) is 16.0. The van der Waals surface area contributed by atoms with Crippen LogP contribution in [-0.2, 0) is 26.9 Å². The summed E-state index contributed by atoms with van der Waals surface area (Å²) in [6.45, 7) is 0.245. The van der Waals surface area contributed by atoms with Gasteiger partial charge in [-0.1, -0.05) is 6.07 Å². The highest BCUT2D eigenvalue weighted by molar-refractivity contribution is 7.92. The number of nitrogens with one attached hydrogen (secondary N) is 2. The molecule has 2 aromatic carbocycles. The molecule has 0 saturated carbocycles. The number of rotatable bonds is 2. The third-order valence-corrected chi connectivity index (χ3v) is 6.21. The number of carbonyl (C=O) groups is 2. The van der Waals surface area contributed by atoms with Crippen molar-refractivity contribution in [1.82, 2.24) is 0 Å². The fourth-order valence-electron chi connectivity index (χ4n) is 3.44. The number of allylic oxidation sites excluding steroid dienone is 1. The van der Waals surface area contributed by atoms with Crippen LogP contribution in [0.4, 0.5) is 24.5 Å². The van der Waals surface area contributed by atoms with E-state index in [-0.39, 0.29) is 24.0 Å². The zero-order chi connectivity index (χ0) is 22.2. The molecule has 0 radical (unpaired) electrons. The second-order valence-corrected chi connectivity index (χ2v) is 8.49. The highest BCUT2D eigenvalue weighted by Crippen LogP contribution is 2.38. The van der Waals surface area contributed by atoms with E-state index in [0.717, 1.165) is 12.1 Å². The van der Waals surface area contributed by atoms with Crippen molar-refractivity contribution in [3.8, 4) is 5.75 Å². The Kier molecular flexibility index (Phi) is 5.67. The lowest BCUT2D eigenvalue weighted by atomic mass is 9.99. The molecule has 0 bridgehead atoms. The lowest BCUT2D eigenvalue weighted by molar-refractivity contribution is -0.137. The summed E-state index contributed by atoms with van der Waals surface area (Å²) in [4.78, 5) is 24.6. The molecule has 0 aliphatic carbocycles. The molecule has 0 aromatic heterocycles. The topological polar surface area (TPSA) is 90.5 Å². The molecule has 0 spiro atoms. The second-order valence-electron chi connectivity index (χ2n) is 7.07. The number of hydrogen-bond donors (Lipinski definition) is 2. The van der Waals surface area contributed by atoms with Gasteiger partial charge in [-0.2, -0.15) is 13.2 Å². The van der Waals surface area contributed by atoms with Crippen molar-refractivity contribution in [3.05, 3.63) is 53.6 Å². The van der Waals surface area contributed by atoms with Crippen molar-refractivity contribution in [1.29, 1.82) is 0 Å². The first kappa shape index (κ1) is 21.3. The minimum Gasteiger partial charge on any atom is -0.611 e. The molecule has 2 heterocycles. The van der Waals surface area contributed by atoms with Gasteiger partial charge in [0.2, 0.25) is 5.91 Å². The molecular formula is C21H17F3N2O4S. The fourth-order valence-corrected chi connectivity index (χ4v) is 4.48. The van der Waals surface area contributed by atoms with Crippen LogP contribution < -0.4 is 15.4 Å². The molecule has 162 valence electrons. The van der Waals surface area contributed by atoms with Crippen LogP contribution in [0.1, 0.15) is 24.0 Å². The Morgan fingerprint density at radius 3 is 2.81 bits per heavy atom. The molecule has 1 unspecified atom stereocenters. The summed E-state index contributed by atoms with van der Waals surface area (Å²) in [7, 11) is 0. The molecule has 4 rings (SSSR count). The van der Waals surface area contributed by atoms with E-state index in [4.69, 9.17) is 4.74 Å². The van der Waals surface area contributed by atoms with Crippen LogP contribution in [0.25, 0.3) is 5.57 Å². The summed E-state index contributed by atoms with van der Waals surface area (Å²) in [6, 6.07) is 7.88. The number of fused-ring (bicyclic) bond motifs is 2. The number of benzene rings is 2. The normalized spacial score (nSPS) is 19.5. The maximum absolute atomic E-state index is 13.0. The van der Waals surface area contributed by atoms with Crippen LogP contribution in [0.2, 0.25) is 0 Å². The molecule has 1 atom stereocenters. The van der Waals surface area contributed by atoms with Crippen LogP contribution in [0.15, 0.2) is 47.4 Å². The smallest absolute Gasteiger partial charge is 0.416 e. The van der Waals surface area contributed by atoms with Crippen LogP contribution >= 0.6 is 0 Å². The summed E-state index contributed by atoms with van der Waals surface area (Å²) in [5, 5.41) is 5.29. The Bertz CT molecular complexity index is 1080. The molecule has 10 heteroatoms. The van der Waals surface area contributed by atoms with Gasteiger partial charge in [-0.05, 0) is 59.9 Å². The van der Waals surface area contributed by atoms with Gasteiger partial charge in [0.25, 0.3) is 5.91 Å². The maximum atomic E-state index is 13.0. The average molecular weight is 450 g/mol. The Morgan fingerprint density at radius 2 is 2.03 bits per heavy atom. The van der Waals surface area contributed by atoms with E-state index in [9.17, 15) is 27.3 Å². The first-order chi connectivity index (χ1) is 14.7. The van der Waals surface area contributed by atoms with Gasteiger partial charge >= 0.3 is 6.18 Å². The van der Waals surface area contributed by atoms with E-state index in [2.05, 4.69) is 10.6 Å². The maximum Gasteiger partial charge on any atom is 0.416 e. The van der Waals surface area contributed by atoms with Crippen molar-refractivity contribution in [3.63, 3.8) is 0 Å². The van der Waals surface area contributed by atoms with Gasteiger partial charge in [-0.3, -0.25) is 9.59 Å². The van der Waals surface area contributed by atoms with E-state index in [1.165, 1.54) is 18.2 Å². The van der Waals surface area contributed by atoms with Gasteiger partial charge in [0.05, 0.1) is 17.9 Å². The molecule has 31 heavy (non-hydrogen) atoms. The van der Waals surface area contributed by atoms with E-state index < -0.39 is 28.8 Å². The Morgan fingerprint density at radius 1 is 1.23 bits per heavy atom. The van der Waals surface area contributed by atoms with Gasteiger partial charge < -0.3 is 19.9 Å². The lowest BCUT2D eigenvalue weighted by Gasteiger charge is -2.20. The largest absolute Gasteiger partial charge is 0.611 e. The number of amides is 2. The minimum atomic E-state index is -4.49. The molecule has 2 aliphatic heterocycles. The van der Waals surface area contributed by atoms with Gasteiger partial charge in [-0.25, -0.2) is 0 Å². The van der Waals surface area contributed by atoms with Crippen LogP contribution in [0, 0.1) is 0 Å². The van der Waals surface area contributed by atoms with Crippen molar-refractivity contribution >= 4 is 39.9 Å². The highest BCUT2D eigenvalue weighted by Gasteiger charge is 2.32. The quantitative estimate of drug-likeness (QED) is 0.535. The second kappa shape index (κ2) is 8.27. The molecule has 0 fully saturated rings. The molecule has 2 N–H and O–H groups in total. The van der Waals surface area contributed by atoms with E-state index in [1.54, 1.807) is 12.1 Å². The van der Waals surface area contributed by atoms with Gasteiger partial charge in [0, 0.05) is 17.3 Å². The Balaban J connectivity index is 1.57. The van der Waals surface area contributed by atoms with Crippen LogP contribution in [0.3, 0.4) is 0 Å². The van der Waals surface area contributed by atoms with Crippen molar-refractivity contribution in [2.45, 2.75) is 23.9 Å². The summed E-state index contributed by atoms with van der Waals surface area (Å²) in [6.07, 6.45) is -2.15. The molecular weight excluding hydrogens is 433 g/mol. The summed E-state index contributed by atoms with van der Waals surface area (Å²) in [5.74, 6) is -0.872. The Labute approximate surface area is 178 Å². The monoisotopic (exact) mass is 450 g/mol. The fraction of sp³-hybridized carbons (Fsp3) is 0.238. The van der Waals surface area contributed by atoms with Crippen molar-refractivity contribution < 1.29 is 32.0 Å². The minimum absolute atomic E-state index is 0.0883. The van der Waals surface area contributed by atoms with E-state index in [0.29, 0.717) is 40.2 Å². The third kappa shape index (κ3) is 4.70. The number of halogens is 3. The first-order valence-electron chi connectivity index (χ1n) is 9.39. The number of hydrogen-bond acceptors (Lipinski definition) is 4. The molecule has 2 amide bonds. The first-order valence-corrected chi connectivity index (χ1v) is 10.7. The zero-order valence-corrected chi connectivity index (χ0v) is 16.9.